The van der Waals surface area contributed by atoms with Crippen molar-refractivity contribution in [3.8, 4) is 0 Å². The molecule has 1 N–H and O–H groups in total. The maximum atomic E-state index is 11.1. The molecule has 0 atom stereocenters. The molecule has 0 amide bonds. The van der Waals surface area contributed by atoms with Crippen molar-refractivity contribution < 1.29 is 10.0 Å². The third-order valence-electron chi connectivity index (χ3n) is 2.58. The normalized spacial score (nSPS) is 10.7. The van der Waals surface area contributed by atoms with Gasteiger partial charge < -0.3 is 5.11 Å². The van der Waals surface area contributed by atoms with E-state index in [1.165, 1.54) is 17.8 Å². The molecule has 0 fully saturated rings. The molecule has 1 aromatic carbocycles. The first kappa shape index (κ1) is 13.6. The number of aliphatic hydroxyl groups is 1. The van der Waals surface area contributed by atoms with Crippen LogP contribution in [0.3, 0.4) is 0 Å². The van der Waals surface area contributed by atoms with Crippen molar-refractivity contribution in [2.24, 2.45) is 7.05 Å². The predicted octanol–water partition coefficient (Wildman–Crippen LogP) is 2.28. The fourth-order valence-corrected chi connectivity index (χ4v) is 2.69. The van der Waals surface area contributed by atoms with Crippen LogP contribution in [0.25, 0.3) is 0 Å². The van der Waals surface area contributed by atoms with E-state index in [0.29, 0.717) is 10.5 Å². The number of nitro benzene ring substituents is 1. The number of aryl methyl sites for hydroxylation is 2. The quantitative estimate of drug-likeness (QED) is 0.686. The summed E-state index contributed by atoms with van der Waals surface area (Å²) < 4.78 is 1.68. The van der Waals surface area contributed by atoms with Crippen molar-refractivity contribution in [2.75, 3.05) is 0 Å². The van der Waals surface area contributed by atoms with E-state index < -0.39 is 4.92 Å². The molecule has 0 radical (unpaired) electrons. The summed E-state index contributed by atoms with van der Waals surface area (Å²) in [5.41, 5.74) is 1.38. The number of aliphatic hydroxyl groups excluding tert-OH is 1. The number of aromatic nitrogens is 2. The molecule has 0 saturated heterocycles. The lowest BCUT2D eigenvalue weighted by Gasteiger charge is -2.04. The molecule has 0 aliphatic carbocycles. The average Bonchev–Trinajstić information content (AvgIpc) is 2.68. The summed E-state index contributed by atoms with van der Waals surface area (Å²) in [5, 5.41) is 25.1. The summed E-state index contributed by atoms with van der Waals surface area (Å²) in [6.07, 6.45) is 0. The molecule has 1 heterocycles. The molecular formula is C12H13N3O3S. The second kappa shape index (κ2) is 5.41. The van der Waals surface area contributed by atoms with Crippen molar-refractivity contribution in [3.05, 3.63) is 45.6 Å². The van der Waals surface area contributed by atoms with Gasteiger partial charge in [-0.3, -0.25) is 14.8 Å². The molecule has 6 nitrogen and oxygen atoms in total. The highest BCUT2D eigenvalue weighted by molar-refractivity contribution is 7.99. The molecule has 0 bridgehead atoms. The first-order valence-electron chi connectivity index (χ1n) is 5.58. The fraction of sp³-hybridized carbons (Fsp3) is 0.250. The number of rotatable bonds is 4. The first-order valence-corrected chi connectivity index (χ1v) is 6.39. The van der Waals surface area contributed by atoms with Crippen LogP contribution in [0.15, 0.2) is 34.2 Å². The minimum Gasteiger partial charge on any atom is -0.392 e. The Morgan fingerprint density at radius 1 is 1.47 bits per heavy atom. The highest BCUT2D eigenvalue weighted by atomic mass is 32.2. The van der Waals surface area contributed by atoms with Gasteiger partial charge in [0.25, 0.3) is 5.69 Å². The Morgan fingerprint density at radius 2 is 2.21 bits per heavy atom. The highest BCUT2D eigenvalue weighted by Crippen LogP contribution is 2.35. The minimum atomic E-state index is -0.440. The van der Waals surface area contributed by atoms with Crippen molar-refractivity contribution in [1.82, 2.24) is 9.78 Å². The SMILES string of the molecule is Cc1cc(Sc2ccc(CO)cc2[N+](=O)[O-])n(C)n1. The van der Waals surface area contributed by atoms with Crippen molar-refractivity contribution in [2.45, 2.75) is 23.5 Å². The molecule has 0 aliphatic heterocycles. The van der Waals surface area contributed by atoms with Crippen molar-refractivity contribution in [3.63, 3.8) is 0 Å². The highest BCUT2D eigenvalue weighted by Gasteiger charge is 2.17. The summed E-state index contributed by atoms with van der Waals surface area (Å²) >= 11 is 1.29. The van der Waals surface area contributed by atoms with Crippen molar-refractivity contribution in [1.29, 1.82) is 0 Å². The van der Waals surface area contributed by atoms with Crippen LogP contribution in [0.4, 0.5) is 5.69 Å². The Kier molecular flexibility index (Phi) is 3.87. The molecule has 0 spiro atoms. The molecule has 0 aliphatic rings. The van der Waals surface area contributed by atoms with Gasteiger partial charge in [-0.15, -0.1) is 0 Å². The smallest absolute Gasteiger partial charge is 0.283 e. The van der Waals surface area contributed by atoms with Crippen LogP contribution in [0.2, 0.25) is 0 Å². The Labute approximate surface area is 114 Å². The zero-order chi connectivity index (χ0) is 14.0. The van der Waals surface area contributed by atoms with Gasteiger partial charge in [0.2, 0.25) is 0 Å². The number of nitro groups is 1. The average molecular weight is 279 g/mol. The molecular weight excluding hydrogens is 266 g/mol. The van der Waals surface area contributed by atoms with Crippen LogP contribution in [-0.4, -0.2) is 19.8 Å². The monoisotopic (exact) mass is 279 g/mol. The minimum absolute atomic E-state index is 0.00426. The summed E-state index contributed by atoms with van der Waals surface area (Å²) in [5.74, 6) is 0. The lowest BCUT2D eigenvalue weighted by Crippen LogP contribution is -1.96. The largest absolute Gasteiger partial charge is 0.392 e. The third-order valence-corrected chi connectivity index (χ3v) is 3.73. The maximum Gasteiger partial charge on any atom is 0.283 e. The third kappa shape index (κ3) is 2.94. The molecule has 1 aromatic heterocycles. The lowest BCUT2D eigenvalue weighted by atomic mass is 10.2. The molecule has 2 aromatic rings. The lowest BCUT2D eigenvalue weighted by molar-refractivity contribution is -0.387. The van der Waals surface area contributed by atoms with Gasteiger partial charge in [-0.2, -0.15) is 5.10 Å². The van der Waals surface area contributed by atoms with Gasteiger partial charge in [0.15, 0.2) is 0 Å². The predicted molar refractivity (Wildman–Crippen MR) is 71.1 cm³/mol. The van der Waals surface area contributed by atoms with E-state index in [4.69, 9.17) is 5.11 Å². The van der Waals surface area contributed by atoms with E-state index in [9.17, 15) is 10.1 Å². The Morgan fingerprint density at radius 3 is 2.74 bits per heavy atom. The van der Waals surface area contributed by atoms with Crippen LogP contribution < -0.4 is 0 Å². The van der Waals surface area contributed by atoms with E-state index in [1.54, 1.807) is 23.9 Å². The van der Waals surface area contributed by atoms with Crippen LogP contribution >= 0.6 is 11.8 Å². The van der Waals surface area contributed by atoms with Crippen molar-refractivity contribution >= 4 is 17.4 Å². The molecule has 0 unspecified atom stereocenters. The van der Waals surface area contributed by atoms with E-state index in [2.05, 4.69) is 5.10 Å². The summed E-state index contributed by atoms with van der Waals surface area (Å²) in [7, 11) is 1.79. The van der Waals surface area contributed by atoms with E-state index in [0.717, 1.165) is 10.7 Å². The van der Waals surface area contributed by atoms with Crippen LogP contribution in [-0.2, 0) is 13.7 Å². The molecule has 2 rings (SSSR count). The second-order valence-electron chi connectivity index (χ2n) is 4.07. The molecule has 0 saturated carbocycles. The maximum absolute atomic E-state index is 11.1. The van der Waals surface area contributed by atoms with Gasteiger partial charge >= 0.3 is 0 Å². The zero-order valence-corrected chi connectivity index (χ0v) is 11.3. The Hall–Kier alpha value is -1.86. The standard InChI is InChI=1S/C12H13N3O3S/c1-8-5-12(14(2)13-8)19-11-4-3-9(7-16)6-10(11)15(17)18/h3-6,16H,7H2,1-2H3. The van der Waals surface area contributed by atoms with Crippen LogP contribution in [0.5, 0.6) is 0 Å². The van der Waals surface area contributed by atoms with Crippen LogP contribution in [0, 0.1) is 17.0 Å². The van der Waals surface area contributed by atoms with E-state index in [-0.39, 0.29) is 12.3 Å². The van der Waals surface area contributed by atoms with Gasteiger partial charge in [0.1, 0.15) is 0 Å². The Bertz CT molecular complexity index is 625. The molecule has 100 valence electrons. The van der Waals surface area contributed by atoms with Gasteiger partial charge in [-0.25, -0.2) is 0 Å². The summed E-state index contributed by atoms with van der Waals surface area (Å²) in [6, 6.07) is 6.59. The van der Waals surface area contributed by atoms with Gasteiger partial charge in [0.05, 0.1) is 27.1 Å². The Balaban J connectivity index is 2.39. The molecule has 19 heavy (non-hydrogen) atoms. The van der Waals surface area contributed by atoms with Gasteiger partial charge in [-0.05, 0) is 24.6 Å². The van der Waals surface area contributed by atoms with Gasteiger partial charge in [0, 0.05) is 13.1 Å². The molecule has 7 heteroatoms. The number of hydrogen-bond donors (Lipinski definition) is 1. The topological polar surface area (TPSA) is 81.2 Å². The fourth-order valence-electron chi connectivity index (χ4n) is 1.69. The number of hydrogen-bond acceptors (Lipinski definition) is 5. The number of benzene rings is 1. The summed E-state index contributed by atoms with van der Waals surface area (Å²) in [6.45, 7) is 1.66. The van der Waals surface area contributed by atoms with E-state index >= 15 is 0 Å². The van der Waals surface area contributed by atoms with E-state index in [1.807, 2.05) is 13.0 Å². The van der Waals surface area contributed by atoms with Gasteiger partial charge in [-0.1, -0.05) is 17.8 Å². The number of nitrogens with zero attached hydrogens (tertiary/aromatic N) is 3. The zero-order valence-electron chi connectivity index (χ0n) is 10.5. The summed E-state index contributed by atoms with van der Waals surface area (Å²) in [4.78, 5) is 11.2. The second-order valence-corrected chi connectivity index (χ2v) is 5.13. The first-order chi connectivity index (χ1) is 9.01. The van der Waals surface area contributed by atoms with Crippen LogP contribution in [0.1, 0.15) is 11.3 Å².